The molecular formula is C23H21N3O4S. The van der Waals surface area contributed by atoms with Crippen molar-refractivity contribution >= 4 is 40.1 Å². The number of carbonyl (C=O) groups is 2. The van der Waals surface area contributed by atoms with E-state index in [1.165, 1.54) is 0 Å². The fourth-order valence-corrected chi connectivity index (χ4v) is 4.89. The summed E-state index contributed by atoms with van der Waals surface area (Å²) in [6.45, 7) is 1.76. The van der Waals surface area contributed by atoms with Crippen LogP contribution in [0.25, 0.3) is 10.9 Å². The number of ether oxygens (including phenoxy) is 1. The van der Waals surface area contributed by atoms with Gasteiger partial charge in [-0.3, -0.25) is 9.69 Å². The molecule has 0 spiro atoms. The second-order valence-electron chi connectivity index (χ2n) is 7.94. The molecule has 0 saturated carbocycles. The minimum absolute atomic E-state index is 0.00915. The highest BCUT2D eigenvalue weighted by Gasteiger charge is 2.43. The third kappa shape index (κ3) is 2.97. The summed E-state index contributed by atoms with van der Waals surface area (Å²) in [7, 11) is 3.37. The number of hydrogen-bond donors (Lipinski definition) is 1. The van der Waals surface area contributed by atoms with E-state index in [-0.39, 0.29) is 17.4 Å². The van der Waals surface area contributed by atoms with Crippen molar-refractivity contribution in [3.05, 3.63) is 64.8 Å². The monoisotopic (exact) mass is 435 g/mol. The molecule has 7 nitrogen and oxygen atoms in total. The number of methoxy groups -OCH3 is 1. The zero-order valence-corrected chi connectivity index (χ0v) is 18.0. The summed E-state index contributed by atoms with van der Waals surface area (Å²) in [6, 6.07) is 12.8. The predicted molar refractivity (Wildman–Crippen MR) is 120 cm³/mol. The summed E-state index contributed by atoms with van der Waals surface area (Å²) in [5.74, 6) is -0.479. The molecule has 2 aliphatic heterocycles. The van der Waals surface area contributed by atoms with Gasteiger partial charge in [-0.05, 0) is 53.7 Å². The Morgan fingerprint density at radius 1 is 1.23 bits per heavy atom. The number of thiocarbonyl (C=S) groups is 1. The average Bonchev–Trinajstić information content (AvgIpc) is 3.09. The highest BCUT2D eigenvalue weighted by Crippen LogP contribution is 2.41. The van der Waals surface area contributed by atoms with E-state index in [1.54, 1.807) is 31.2 Å². The Hall–Kier alpha value is -3.39. The number of nitrogens with zero attached hydrogens (tertiary/aromatic N) is 3. The van der Waals surface area contributed by atoms with Gasteiger partial charge >= 0.3 is 5.97 Å². The van der Waals surface area contributed by atoms with Gasteiger partial charge in [0.1, 0.15) is 5.75 Å². The van der Waals surface area contributed by atoms with Gasteiger partial charge in [-0.15, -0.1) is 0 Å². The molecule has 1 saturated heterocycles. The molecule has 2 bridgehead atoms. The first kappa shape index (κ1) is 19.6. The number of carboxylic acids is 1. The highest BCUT2D eigenvalue weighted by molar-refractivity contribution is 7.80. The van der Waals surface area contributed by atoms with Crippen LogP contribution >= 0.6 is 12.2 Å². The predicted octanol–water partition coefficient (Wildman–Crippen LogP) is 3.05. The van der Waals surface area contributed by atoms with Crippen molar-refractivity contribution in [3.63, 3.8) is 0 Å². The average molecular weight is 436 g/mol. The smallest absolute Gasteiger partial charge is 0.335 e. The number of likely N-dealkylation sites (N-methyl/N-ethyl adjacent to an activating group) is 1. The number of benzene rings is 2. The Kier molecular flexibility index (Phi) is 4.48. The van der Waals surface area contributed by atoms with Crippen LogP contribution in [0.4, 0.5) is 0 Å². The minimum Gasteiger partial charge on any atom is -0.497 e. The molecule has 1 fully saturated rings. The van der Waals surface area contributed by atoms with Crippen molar-refractivity contribution in [1.82, 2.24) is 14.4 Å². The van der Waals surface area contributed by atoms with Gasteiger partial charge in [0.2, 0.25) is 5.91 Å². The molecule has 1 N–H and O–H groups in total. The molecule has 1 atom stereocenters. The first-order valence-corrected chi connectivity index (χ1v) is 10.4. The standard InChI is InChI=1S/C23H21N3O4S/c1-24-21(27)17-11-25(23(24)31)12-19-20(17)16-9-15(30-2)7-8-18(16)26(19)10-13-3-5-14(6-4-13)22(28)29/h3-9,17H,10-12H2,1-2H3,(H,28,29). The molecule has 1 aromatic heterocycles. The number of aromatic carboxylic acids is 1. The number of hydrogen-bond acceptors (Lipinski definition) is 4. The molecule has 0 aliphatic carbocycles. The Labute approximate surface area is 184 Å². The lowest BCUT2D eigenvalue weighted by Crippen LogP contribution is -2.56. The zero-order valence-electron chi connectivity index (χ0n) is 17.2. The lowest BCUT2D eigenvalue weighted by atomic mass is 9.89. The molecule has 5 rings (SSSR count). The largest absolute Gasteiger partial charge is 0.497 e. The lowest BCUT2D eigenvalue weighted by molar-refractivity contribution is -0.130. The van der Waals surface area contributed by atoms with Gasteiger partial charge in [0.15, 0.2) is 5.11 Å². The Morgan fingerprint density at radius 2 is 1.97 bits per heavy atom. The molecule has 1 unspecified atom stereocenters. The summed E-state index contributed by atoms with van der Waals surface area (Å²) in [5.41, 5.74) is 4.35. The van der Waals surface area contributed by atoms with Gasteiger partial charge in [0.25, 0.3) is 0 Å². The first-order chi connectivity index (χ1) is 14.9. The minimum atomic E-state index is -0.945. The van der Waals surface area contributed by atoms with Crippen LogP contribution in [0.2, 0.25) is 0 Å². The molecule has 158 valence electrons. The van der Waals surface area contributed by atoms with Crippen LogP contribution in [-0.2, 0) is 17.9 Å². The molecule has 3 aromatic rings. The van der Waals surface area contributed by atoms with E-state index in [0.717, 1.165) is 33.5 Å². The molecule has 1 amide bonds. The molecule has 3 heterocycles. The molecule has 8 heteroatoms. The van der Waals surface area contributed by atoms with Crippen molar-refractivity contribution in [2.24, 2.45) is 0 Å². The molecule has 31 heavy (non-hydrogen) atoms. The van der Waals surface area contributed by atoms with E-state index in [4.69, 9.17) is 17.0 Å². The van der Waals surface area contributed by atoms with Crippen LogP contribution in [0, 0.1) is 0 Å². The van der Waals surface area contributed by atoms with Gasteiger partial charge in [-0.1, -0.05) is 12.1 Å². The Balaban J connectivity index is 1.68. The van der Waals surface area contributed by atoms with Crippen LogP contribution in [0.1, 0.15) is 33.1 Å². The van der Waals surface area contributed by atoms with Crippen LogP contribution in [0.5, 0.6) is 5.75 Å². The van der Waals surface area contributed by atoms with Gasteiger partial charge < -0.3 is 19.3 Å². The summed E-state index contributed by atoms with van der Waals surface area (Å²) in [6.07, 6.45) is 0. The summed E-state index contributed by atoms with van der Waals surface area (Å²) in [4.78, 5) is 27.9. The quantitative estimate of drug-likeness (QED) is 0.635. The maximum absolute atomic E-state index is 13.1. The van der Waals surface area contributed by atoms with Gasteiger partial charge in [0, 0.05) is 36.7 Å². The molecule has 2 aliphatic rings. The second kappa shape index (κ2) is 7.09. The van der Waals surface area contributed by atoms with E-state index >= 15 is 0 Å². The molecular weight excluding hydrogens is 414 g/mol. The fraction of sp³-hybridized carbons (Fsp3) is 0.261. The molecule has 2 aromatic carbocycles. The number of rotatable bonds is 4. The number of carbonyl (C=O) groups excluding carboxylic acids is 1. The first-order valence-electron chi connectivity index (χ1n) is 9.96. The number of carboxylic acid groups (broad SMARTS) is 1. The molecule has 0 radical (unpaired) electrons. The second-order valence-corrected chi connectivity index (χ2v) is 8.31. The maximum Gasteiger partial charge on any atom is 0.335 e. The van der Waals surface area contributed by atoms with E-state index in [0.29, 0.717) is 24.7 Å². The summed E-state index contributed by atoms with van der Waals surface area (Å²) >= 11 is 5.52. The van der Waals surface area contributed by atoms with Gasteiger partial charge in [-0.25, -0.2) is 4.79 Å². The van der Waals surface area contributed by atoms with Crippen LogP contribution < -0.4 is 4.74 Å². The van der Waals surface area contributed by atoms with Crippen molar-refractivity contribution in [1.29, 1.82) is 0 Å². The normalized spacial score (nSPS) is 17.8. The maximum atomic E-state index is 13.1. The zero-order chi connectivity index (χ0) is 21.9. The van der Waals surface area contributed by atoms with E-state index in [1.807, 2.05) is 30.3 Å². The van der Waals surface area contributed by atoms with Gasteiger partial charge in [-0.2, -0.15) is 0 Å². The summed E-state index contributed by atoms with van der Waals surface area (Å²) in [5, 5.41) is 10.7. The Bertz CT molecular complexity index is 1250. The fourth-order valence-electron chi connectivity index (χ4n) is 4.66. The van der Waals surface area contributed by atoms with Crippen LogP contribution in [0.3, 0.4) is 0 Å². The van der Waals surface area contributed by atoms with E-state index in [2.05, 4.69) is 9.47 Å². The number of amides is 1. The van der Waals surface area contributed by atoms with Gasteiger partial charge in [0.05, 0.1) is 25.1 Å². The third-order valence-corrected chi connectivity index (χ3v) is 6.77. The highest BCUT2D eigenvalue weighted by atomic mass is 32.1. The number of aromatic nitrogens is 1. The van der Waals surface area contributed by atoms with Crippen LogP contribution in [-0.4, -0.2) is 57.2 Å². The lowest BCUT2D eigenvalue weighted by Gasteiger charge is -2.43. The number of fused-ring (bicyclic) bond motifs is 6. The van der Waals surface area contributed by atoms with Crippen molar-refractivity contribution in [2.45, 2.75) is 19.0 Å². The third-order valence-electron chi connectivity index (χ3n) is 6.24. The van der Waals surface area contributed by atoms with E-state index < -0.39 is 5.97 Å². The van der Waals surface area contributed by atoms with E-state index in [9.17, 15) is 14.7 Å². The van der Waals surface area contributed by atoms with Crippen molar-refractivity contribution in [2.75, 3.05) is 20.7 Å². The van der Waals surface area contributed by atoms with Crippen molar-refractivity contribution < 1.29 is 19.4 Å². The SMILES string of the molecule is COc1ccc2c(c1)c1c(n2Cc2ccc(C(=O)O)cc2)CN2CC1C(=O)N(C)C2=S. The topological polar surface area (TPSA) is 75.0 Å². The van der Waals surface area contributed by atoms with Crippen molar-refractivity contribution in [3.8, 4) is 5.75 Å². The summed E-state index contributed by atoms with van der Waals surface area (Å²) < 4.78 is 7.66. The Morgan fingerprint density at radius 3 is 2.65 bits per heavy atom. The van der Waals surface area contributed by atoms with Crippen LogP contribution in [0.15, 0.2) is 42.5 Å².